The quantitative estimate of drug-likeness (QED) is 0.863. The van der Waals surface area contributed by atoms with Crippen molar-refractivity contribution in [3.63, 3.8) is 0 Å². The molecule has 3 amide bonds. The fourth-order valence-electron chi connectivity index (χ4n) is 2.26. The van der Waals surface area contributed by atoms with Gasteiger partial charge in [-0.3, -0.25) is 9.69 Å². The van der Waals surface area contributed by atoms with Gasteiger partial charge in [0.25, 0.3) is 5.91 Å². The first-order valence-corrected chi connectivity index (χ1v) is 7.51. The standard InChI is InChI=1S/C14H17Cl2N3O2/c1-9(13(20)19-7-6-17-14(19)21)18(2)8-10-4-3-5-11(15)12(10)16/h3-5,9H,6-8H2,1-2H3,(H,17,21)/p+1/t9-/m1/s1. The summed E-state index contributed by atoms with van der Waals surface area (Å²) in [6.07, 6.45) is 0. The Morgan fingerprint density at radius 2 is 2.19 bits per heavy atom. The lowest BCUT2D eigenvalue weighted by Crippen LogP contribution is -3.12. The summed E-state index contributed by atoms with van der Waals surface area (Å²) >= 11 is 12.2. The van der Waals surface area contributed by atoms with Gasteiger partial charge in [-0.05, 0) is 13.0 Å². The van der Waals surface area contributed by atoms with Gasteiger partial charge in [0.1, 0.15) is 6.54 Å². The van der Waals surface area contributed by atoms with E-state index >= 15 is 0 Å². The van der Waals surface area contributed by atoms with Crippen molar-refractivity contribution < 1.29 is 14.5 Å². The van der Waals surface area contributed by atoms with Gasteiger partial charge >= 0.3 is 6.03 Å². The van der Waals surface area contributed by atoms with E-state index < -0.39 is 0 Å². The van der Waals surface area contributed by atoms with Crippen LogP contribution in [0.25, 0.3) is 0 Å². The maximum absolute atomic E-state index is 12.3. The van der Waals surface area contributed by atoms with Gasteiger partial charge in [-0.15, -0.1) is 0 Å². The Balaban J connectivity index is 2.05. The predicted molar refractivity (Wildman–Crippen MR) is 81.6 cm³/mol. The normalized spacial score (nSPS) is 17.5. The lowest BCUT2D eigenvalue weighted by Gasteiger charge is -2.24. The van der Waals surface area contributed by atoms with Gasteiger partial charge in [-0.2, -0.15) is 0 Å². The maximum atomic E-state index is 12.3. The maximum Gasteiger partial charge on any atom is 0.324 e. The molecule has 1 aliphatic rings. The van der Waals surface area contributed by atoms with Crippen molar-refractivity contribution in [3.05, 3.63) is 33.8 Å². The van der Waals surface area contributed by atoms with Crippen molar-refractivity contribution in [2.45, 2.75) is 19.5 Å². The third kappa shape index (κ3) is 3.48. The molecular formula is C14H18Cl2N3O2+. The van der Waals surface area contributed by atoms with E-state index in [1.165, 1.54) is 4.90 Å². The molecular weight excluding hydrogens is 313 g/mol. The Morgan fingerprint density at radius 1 is 1.48 bits per heavy atom. The highest BCUT2D eigenvalue weighted by molar-refractivity contribution is 6.42. The average molecular weight is 331 g/mol. The Hall–Kier alpha value is -1.30. The lowest BCUT2D eigenvalue weighted by molar-refractivity contribution is -0.908. The van der Waals surface area contributed by atoms with E-state index in [2.05, 4.69) is 5.32 Å². The molecule has 1 saturated heterocycles. The van der Waals surface area contributed by atoms with E-state index in [1.54, 1.807) is 6.07 Å². The van der Waals surface area contributed by atoms with Crippen molar-refractivity contribution in [1.82, 2.24) is 10.2 Å². The summed E-state index contributed by atoms with van der Waals surface area (Å²) in [6.45, 7) is 3.30. The number of urea groups is 1. The number of hydrogen-bond donors (Lipinski definition) is 2. The van der Waals surface area contributed by atoms with Crippen LogP contribution in [0.2, 0.25) is 10.0 Å². The van der Waals surface area contributed by atoms with Gasteiger partial charge in [0.15, 0.2) is 6.04 Å². The van der Waals surface area contributed by atoms with Gasteiger partial charge in [-0.25, -0.2) is 4.79 Å². The number of carbonyl (C=O) groups is 2. The number of carbonyl (C=O) groups excluding carboxylic acids is 2. The summed E-state index contributed by atoms with van der Waals surface area (Å²) in [5.41, 5.74) is 0.882. The minimum atomic E-state index is -0.344. The van der Waals surface area contributed by atoms with Crippen molar-refractivity contribution in [1.29, 1.82) is 0 Å². The van der Waals surface area contributed by atoms with Crippen molar-refractivity contribution in [2.75, 3.05) is 20.1 Å². The molecule has 21 heavy (non-hydrogen) atoms. The first-order chi connectivity index (χ1) is 9.91. The zero-order valence-corrected chi connectivity index (χ0v) is 13.5. The molecule has 5 nitrogen and oxygen atoms in total. The zero-order chi connectivity index (χ0) is 15.6. The number of rotatable bonds is 4. The molecule has 1 aliphatic heterocycles. The van der Waals surface area contributed by atoms with Crippen molar-refractivity contribution >= 4 is 35.1 Å². The molecule has 2 N–H and O–H groups in total. The molecule has 0 spiro atoms. The summed E-state index contributed by atoms with van der Waals surface area (Å²) in [4.78, 5) is 26.1. The molecule has 1 unspecified atom stereocenters. The van der Waals surface area contributed by atoms with Crippen LogP contribution in [0.15, 0.2) is 18.2 Å². The molecule has 0 aromatic heterocycles. The fourth-order valence-corrected chi connectivity index (χ4v) is 2.65. The van der Waals surface area contributed by atoms with Gasteiger partial charge in [0.2, 0.25) is 0 Å². The molecule has 1 fully saturated rings. The van der Waals surface area contributed by atoms with E-state index in [1.807, 2.05) is 26.1 Å². The van der Waals surface area contributed by atoms with Crippen LogP contribution < -0.4 is 10.2 Å². The van der Waals surface area contributed by atoms with Crippen LogP contribution in [-0.4, -0.2) is 43.0 Å². The molecule has 0 saturated carbocycles. The largest absolute Gasteiger partial charge is 0.336 e. The third-order valence-corrected chi connectivity index (χ3v) is 4.59. The number of benzene rings is 1. The molecule has 0 aliphatic carbocycles. The first kappa shape index (κ1) is 16.1. The monoisotopic (exact) mass is 330 g/mol. The molecule has 1 heterocycles. The number of amides is 3. The molecule has 0 radical (unpaired) electrons. The Kier molecular flexibility index (Phi) is 5.08. The van der Waals surface area contributed by atoms with Gasteiger partial charge < -0.3 is 10.2 Å². The summed E-state index contributed by atoms with van der Waals surface area (Å²) < 4.78 is 0. The molecule has 1 aromatic rings. The van der Waals surface area contributed by atoms with E-state index in [0.717, 1.165) is 10.5 Å². The van der Waals surface area contributed by atoms with Gasteiger partial charge in [0, 0.05) is 18.7 Å². The van der Waals surface area contributed by atoms with E-state index in [0.29, 0.717) is 29.7 Å². The van der Waals surface area contributed by atoms with E-state index in [4.69, 9.17) is 23.2 Å². The molecule has 114 valence electrons. The van der Waals surface area contributed by atoms with Crippen LogP contribution >= 0.6 is 23.2 Å². The van der Waals surface area contributed by atoms with E-state index in [-0.39, 0.29) is 18.0 Å². The lowest BCUT2D eigenvalue weighted by atomic mass is 10.2. The molecule has 2 atom stereocenters. The SMILES string of the molecule is C[C@H](C(=O)N1CCNC1=O)[NH+](C)Cc1cccc(Cl)c1Cl. The smallest absolute Gasteiger partial charge is 0.324 e. The van der Waals surface area contributed by atoms with Crippen molar-refractivity contribution in [3.8, 4) is 0 Å². The second-order valence-corrected chi connectivity index (χ2v) is 5.96. The number of halogens is 2. The zero-order valence-electron chi connectivity index (χ0n) is 12.0. The number of nitrogens with zero attached hydrogens (tertiary/aromatic N) is 1. The molecule has 1 aromatic carbocycles. The highest BCUT2D eigenvalue weighted by Gasteiger charge is 2.33. The highest BCUT2D eigenvalue weighted by Crippen LogP contribution is 2.24. The van der Waals surface area contributed by atoms with Crippen LogP contribution in [0, 0.1) is 0 Å². The van der Waals surface area contributed by atoms with Crippen molar-refractivity contribution in [2.24, 2.45) is 0 Å². The minimum Gasteiger partial charge on any atom is -0.336 e. The van der Waals surface area contributed by atoms with Crippen LogP contribution in [-0.2, 0) is 11.3 Å². The number of imide groups is 1. The second kappa shape index (κ2) is 6.64. The number of likely N-dealkylation sites (N-methyl/N-ethyl adjacent to an activating group) is 1. The molecule has 2 rings (SSSR count). The predicted octanol–water partition coefficient (Wildman–Crippen LogP) is 0.948. The Labute approximate surface area is 133 Å². The summed E-state index contributed by atoms with van der Waals surface area (Å²) in [7, 11) is 1.90. The number of hydrogen-bond acceptors (Lipinski definition) is 2. The van der Waals surface area contributed by atoms with E-state index in [9.17, 15) is 9.59 Å². The highest BCUT2D eigenvalue weighted by atomic mass is 35.5. The fraction of sp³-hybridized carbons (Fsp3) is 0.429. The number of nitrogens with one attached hydrogen (secondary N) is 2. The number of quaternary nitrogens is 1. The van der Waals surface area contributed by atoms with Gasteiger partial charge in [-0.1, -0.05) is 35.3 Å². The Morgan fingerprint density at radius 3 is 2.81 bits per heavy atom. The first-order valence-electron chi connectivity index (χ1n) is 6.76. The average Bonchev–Trinajstić information content (AvgIpc) is 2.88. The third-order valence-electron chi connectivity index (χ3n) is 3.73. The topological polar surface area (TPSA) is 53.9 Å². The summed E-state index contributed by atoms with van der Waals surface area (Å²) in [6, 6.07) is 4.78. The summed E-state index contributed by atoms with van der Waals surface area (Å²) in [5.74, 6) is -0.180. The summed E-state index contributed by atoms with van der Waals surface area (Å²) in [5, 5.41) is 3.64. The molecule has 0 bridgehead atoms. The van der Waals surface area contributed by atoms with Crippen LogP contribution in [0.1, 0.15) is 12.5 Å². The Bertz CT molecular complexity index is 565. The second-order valence-electron chi connectivity index (χ2n) is 5.18. The minimum absolute atomic E-state index is 0.180. The van der Waals surface area contributed by atoms with Crippen LogP contribution in [0.3, 0.4) is 0 Å². The van der Waals surface area contributed by atoms with Crippen LogP contribution in [0.4, 0.5) is 4.79 Å². The molecule has 7 heteroatoms. The van der Waals surface area contributed by atoms with Gasteiger partial charge in [0.05, 0.1) is 17.1 Å². The van der Waals surface area contributed by atoms with Crippen LogP contribution in [0.5, 0.6) is 0 Å².